The minimum atomic E-state index is -0.651. The Bertz CT molecular complexity index is 1280. The third kappa shape index (κ3) is 4.48. The Kier molecular flexibility index (Phi) is 6.45. The third-order valence-electron chi connectivity index (χ3n) is 4.29. The van der Waals surface area contributed by atoms with Crippen LogP contribution in [0.25, 0.3) is 5.69 Å². The minimum Gasteiger partial charge on any atom is -0.266 e. The van der Waals surface area contributed by atoms with Gasteiger partial charge in [0.2, 0.25) is 0 Å². The second-order valence-corrected chi connectivity index (χ2v) is 7.69. The lowest BCUT2D eigenvalue weighted by atomic mass is 10.1. The van der Waals surface area contributed by atoms with Gasteiger partial charge in [-0.05, 0) is 49.2 Å². The van der Waals surface area contributed by atoms with Crippen molar-refractivity contribution >= 4 is 39.7 Å². The van der Waals surface area contributed by atoms with Crippen LogP contribution in [0, 0.1) is 25.2 Å². The van der Waals surface area contributed by atoms with Crippen molar-refractivity contribution in [3.63, 3.8) is 0 Å². The van der Waals surface area contributed by atoms with Gasteiger partial charge in [-0.3, -0.25) is 9.59 Å². The number of hydrogen-bond acceptors (Lipinski definition) is 5. The number of benzene rings is 2. The molecule has 0 aliphatic heterocycles. The summed E-state index contributed by atoms with van der Waals surface area (Å²) in [6.07, 6.45) is 1.47. The molecule has 1 heterocycles. The van der Waals surface area contributed by atoms with Crippen LogP contribution in [-0.4, -0.2) is 21.9 Å². The first-order chi connectivity index (χ1) is 14.3. The first-order valence-corrected chi connectivity index (χ1v) is 9.88. The number of carbonyl (C=O) groups excluding carboxylic acids is 1. The van der Waals surface area contributed by atoms with Crippen LogP contribution in [0.15, 0.2) is 56.8 Å². The van der Waals surface area contributed by atoms with E-state index < -0.39 is 11.5 Å². The number of nitriles is 1. The van der Waals surface area contributed by atoms with Crippen LogP contribution in [0.5, 0.6) is 0 Å². The molecule has 1 aromatic heterocycles. The lowest BCUT2D eigenvalue weighted by molar-refractivity contribution is 0.0947. The van der Waals surface area contributed by atoms with Gasteiger partial charge < -0.3 is 0 Å². The lowest BCUT2D eigenvalue weighted by Crippen LogP contribution is -2.31. The van der Waals surface area contributed by atoms with Gasteiger partial charge in [0.15, 0.2) is 5.69 Å². The van der Waals surface area contributed by atoms with Crippen molar-refractivity contribution in [1.82, 2.24) is 15.2 Å². The molecule has 0 aliphatic carbocycles. The first kappa shape index (κ1) is 21.4. The van der Waals surface area contributed by atoms with E-state index in [1.165, 1.54) is 13.1 Å². The van der Waals surface area contributed by atoms with E-state index in [9.17, 15) is 14.9 Å². The number of hydrazone groups is 1. The molecule has 0 fully saturated rings. The number of rotatable bonds is 4. The van der Waals surface area contributed by atoms with Crippen molar-refractivity contribution in [2.75, 3.05) is 0 Å². The number of carbonyl (C=O) groups is 1. The van der Waals surface area contributed by atoms with Crippen molar-refractivity contribution in [2.45, 2.75) is 13.8 Å². The molecule has 3 aromatic rings. The van der Waals surface area contributed by atoms with Gasteiger partial charge in [0.1, 0.15) is 11.6 Å². The molecule has 1 N–H and O–H groups in total. The summed E-state index contributed by atoms with van der Waals surface area (Å²) >= 11 is 9.51. The molecule has 0 atom stereocenters. The largest absolute Gasteiger partial charge is 0.292 e. The summed E-state index contributed by atoms with van der Waals surface area (Å²) in [6.45, 7) is 3.31. The highest BCUT2D eigenvalue weighted by molar-refractivity contribution is 9.10. The van der Waals surface area contributed by atoms with E-state index in [4.69, 9.17) is 11.6 Å². The van der Waals surface area contributed by atoms with Gasteiger partial charge >= 0.3 is 0 Å². The molecule has 30 heavy (non-hydrogen) atoms. The van der Waals surface area contributed by atoms with Gasteiger partial charge in [0.25, 0.3) is 11.5 Å². The maximum Gasteiger partial charge on any atom is 0.292 e. The van der Waals surface area contributed by atoms with Crippen molar-refractivity contribution in [3.05, 3.63) is 90.3 Å². The Balaban J connectivity index is 1.99. The number of hydrogen-bond donors (Lipinski definition) is 1. The fraction of sp³-hybridized carbons (Fsp3) is 0.0952. The number of nitrogens with one attached hydrogen (secondary N) is 1. The Labute approximate surface area is 185 Å². The zero-order valence-corrected chi connectivity index (χ0v) is 18.3. The van der Waals surface area contributed by atoms with Gasteiger partial charge in [-0.2, -0.15) is 20.1 Å². The molecule has 1 amide bonds. The summed E-state index contributed by atoms with van der Waals surface area (Å²) in [5, 5.41) is 18.0. The molecule has 0 saturated heterocycles. The fourth-order valence-corrected chi connectivity index (χ4v) is 3.24. The van der Waals surface area contributed by atoms with Gasteiger partial charge in [0, 0.05) is 15.1 Å². The van der Waals surface area contributed by atoms with Crippen LogP contribution in [0.2, 0.25) is 5.02 Å². The molecule has 0 spiro atoms. The molecule has 0 saturated carbocycles. The molecular formula is C21H15BrClN5O2. The number of aromatic nitrogens is 2. The summed E-state index contributed by atoms with van der Waals surface area (Å²) in [4.78, 5) is 25.4. The Hall–Kier alpha value is -3.28. The smallest absolute Gasteiger partial charge is 0.266 e. The number of amides is 1. The topological polar surface area (TPSA) is 100 Å². The zero-order chi connectivity index (χ0) is 21.8. The Morgan fingerprint density at radius 2 is 2.07 bits per heavy atom. The van der Waals surface area contributed by atoms with Crippen molar-refractivity contribution in [2.24, 2.45) is 5.10 Å². The van der Waals surface area contributed by atoms with E-state index in [0.29, 0.717) is 10.7 Å². The molecule has 0 radical (unpaired) electrons. The highest BCUT2D eigenvalue weighted by atomic mass is 79.9. The lowest BCUT2D eigenvalue weighted by Gasteiger charge is -2.11. The first-order valence-electron chi connectivity index (χ1n) is 8.71. The highest BCUT2D eigenvalue weighted by Crippen LogP contribution is 2.19. The summed E-state index contributed by atoms with van der Waals surface area (Å²) < 4.78 is 1.86. The monoisotopic (exact) mass is 483 g/mol. The van der Waals surface area contributed by atoms with Crippen LogP contribution in [-0.2, 0) is 0 Å². The van der Waals surface area contributed by atoms with Crippen molar-refractivity contribution in [1.29, 1.82) is 5.26 Å². The summed E-state index contributed by atoms with van der Waals surface area (Å²) in [6, 6.07) is 14.1. The molecule has 0 bridgehead atoms. The van der Waals surface area contributed by atoms with Crippen LogP contribution >= 0.6 is 27.5 Å². The molecule has 2 aromatic carbocycles. The van der Waals surface area contributed by atoms with Gasteiger partial charge in [0.05, 0.1) is 11.9 Å². The molecule has 0 aliphatic rings. The van der Waals surface area contributed by atoms with Crippen LogP contribution < -0.4 is 11.0 Å². The molecule has 0 unspecified atom stereocenters. The van der Waals surface area contributed by atoms with Gasteiger partial charge in [-0.15, -0.1) is 0 Å². The SMILES string of the molecule is Cc1ccc(-n2nc(C(=O)N/N=C/c3cccc(Br)c3)c(C)c(C#N)c2=O)cc1Cl. The summed E-state index contributed by atoms with van der Waals surface area (Å²) in [5.41, 5.74) is 3.59. The quantitative estimate of drug-likeness (QED) is 0.448. The van der Waals surface area contributed by atoms with E-state index in [0.717, 1.165) is 20.3 Å². The molecule has 150 valence electrons. The van der Waals surface area contributed by atoms with E-state index >= 15 is 0 Å². The van der Waals surface area contributed by atoms with Gasteiger partial charge in [-0.25, -0.2) is 5.43 Å². The van der Waals surface area contributed by atoms with Gasteiger partial charge in [-0.1, -0.05) is 45.7 Å². The normalized spacial score (nSPS) is 10.8. The number of halogens is 2. The van der Waals surface area contributed by atoms with E-state index in [1.807, 2.05) is 37.3 Å². The van der Waals surface area contributed by atoms with E-state index in [-0.39, 0.29) is 16.8 Å². The minimum absolute atomic E-state index is 0.0887. The molecular weight excluding hydrogens is 470 g/mol. The maximum absolute atomic E-state index is 12.7. The average molecular weight is 485 g/mol. The van der Waals surface area contributed by atoms with E-state index in [2.05, 4.69) is 31.6 Å². The second kappa shape index (κ2) is 9.03. The summed E-state index contributed by atoms with van der Waals surface area (Å²) in [7, 11) is 0. The van der Waals surface area contributed by atoms with Crippen LogP contribution in [0.4, 0.5) is 0 Å². The van der Waals surface area contributed by atoms with Crippen LogP contribution in [0.3, 0.4) is 0 Å². The standard InChI is InChI=1S/C21H15BrClN5O2/c1-12-6-7-16(9-18(12)23)28-21(30)17(10-24)13(2)19(27-28)20(29)26-25-11-14-4-3-5-15(22)8-14/h3-9,11H,1-2H3,(H,26,29)/b25-11+. The zero-order valence-electron chi connectivity index (χ0n) is 16.0. The Morgan fingerprint density at radius 3 is 2.73 bits per heavy atom. The summed E-state index contributed by atoms with van der Waals surface area (Å²) in [5.74, 6) is -0.651. The molecule has 3 rings (SSSR count). The molecule has 7 nitrogen and oxygen atoms in total. The van der Waals surface area contributed by atoms with Crippen molar-refractivity contribution < 1.29 is 4.79 Å². The predicted molar refractivity (Wildman–Crippen MR) is 118 cm³/mol. The number of nitrogens with zero attached hydrogens (tertiary/aromatic N) is 4. The average Bonchev–Trinajstić information content (AvgIpc) is 2.71. The highest BCUT2D eigenvalue weighted by Gasteiger charge is 2.20. The van der Waals surface area contributed by atoms with Crippen molar-refractivity contribution in [3.8, 4) is 11.8 Å². The third-order valence-corrected chi connectivity index (χ3v) is 5.19. The second-order valence-electron chi connectivity index (χ2n) is 6.36. The Morgan fingerprint density at radius 1 is 1.30 bits per heavy atom. The molecule has 9 heteroatoms. The number of aryl methyl sites for hydroxylation is 1. The maximum atomic E-state index is 12.7. The fourth-order valence-electron chi connectivity index (χ4n) is 2.65. The van der Waals surface area contributed by atoms with Crippen LogP contribution in [0.1, 0.15) is 32.7 Å². The predicted octanol–water partition coefficient (Wildman–Crippen LogP) is 3.90. The van der Waals surface area contributed by atoms with E-state index in [1.54, 1.807) is 18.2 Å².